The average molecular weight is 788 g/mol. The maximum atomic E-state index is 12.2. The Bertz CT molecular complexity index is 1450. The van der Waals surface area contributed by atoms with E-state index in [1.54, 1.807) is 19.1 Å². The third-order valence-electron chi connectivity index (χ3n) is 7.99. The minimum absolute atomic E-state index is 0.0336. The lowest BCUT2D eigenvalue weighted by atomic mass is 10.1. The average Bonchev–Trinajstić information content (AvgIpc) is 3.03. The fourth-order valence-corrected chi connectivity index (χ4v) is 28.6. The van der Waals surface area contributed by atoms with Crippen molar-refractivity contribution < 1.29 is 35.5 Å². The highest BCUT2D eigenvalue weighted by Gasteiger charge is 2.49. The van der Waals surface area contributed by atoms with Crippen molar-refractivity contribution >= 4 is 54.4 Å². The molecule has 0 spiro atoms. The van der Waals surface area contributed by atoms with Crippen LogP contribution < -0.4 is 10.1 Å². The lowest BCUT2D eigenvalue weighted by molar-refractivity contribution is -0.138. The van der Waals surface area contributed by atoms with E-state index in [1.807, 2.05) is 29.6 Å². The van der Waals surface area contributed by atoms with Gasteiger partial charge in [0.2, 0.25) is 0 Å². The van der Waals surface area contributed by atoms with Crippen LogP contribution in [-0.2, 0) is 38.8 Å². The highest BCUT2D eigenvalue weighted by molar-refractivity contribution is 6.92. The molecule has 0 aliphatic carbocycles. The predicted octanol–water partition coefficient (Wildman–Crippen LogP) is 9.23. The Hall–Kier alpha value is -2.68. The van der Waals surface area contributed by atoms with Crippen molar-refractivity contribution in [3.05, 3.63) is 102 Å². The summed E-state index contributed by atoms with van der Waals surface area (Å²) in [5, 5.41) is 2.57. The molecule has 1 amide bonds. The number of rotatable bonds is 23. The van der Waals surface area contributed by atoms with Crippen molar-refractivity contribution in [3.63, 3.8) is 0 Å². The molecule has 0 aromatic heterocycles. The Balaban J connectivity index is 2.15. The maximum Gasteiger partial charge on any atom is 0.412 e. The first-order valence-corrected chi connectivity index (χ1v) is 31.5. The molecule has 282 valence electrons. The van der Waals surface area contributed by atoms with E-state index in [4.69, 9.17) is 25.9 Å². The van der Waals surface area contributed by atoms with Gasteiger partial charge in [0.05, 0.1) is 6.54 Å². The van der Waals surface area contributed by atoms with Crippen LogP contribution >= 0.6 is 0 Å². The first-order valence-electron chi connectivity index (χ1n) is 17.7. The van der Waals surface area contributed by atoms with Crippen molar-refractivity contribution in [2.45, 2.75) is 97.1 Å². The summed E-state index contributed by atoms with van der Waals surface area (Å²) in [5.74, 6) is -0.0764. The molecular weight excluding hydrogens is 727 g/mol. The number of amides is 1. The Labute approximate surface area is 312 Å². The van der Waals surface area contributed by atoms with Crippen LogP contribution in [0.3, 0.4) is 0 Å². The van der Waals surface area contributed by atoms with Gasteiger partial charge in [0.15, 0.2) is 16.6 Å². The van der Waals surface area contributed by atoms with Crippen molar-refractivity contribution in [2.75, 3.05) is 13.2 Å². The summed E-state index contributed by atoms with van der Waals surface area (Å²) in [7, 11) is -12.5. The van der Waals surface area contributed by atoms with E-state index >= 15 is 0 Å². The van der Waals surface area contributed by atoms with Gasteiger partial charge >= 0.3 is 37.7 Å². The standard InChI is InChI=1S/C37H61NO8Si5/c1-13-47(5,6)43-49(9,10)45-51(12,31-18-22-33-20-16-15-17-21-33)46-50(11,44-48(7,8)14-2)30-19-23-34-24-26-35(27-25-34)42-37(40)38-28-29-41-36(39)32(3)4/h13-17,20-21,24-27H,1-3,18-19,22-23,28-31H2,4-12H3,(H,38,40). The lowest BCUT2D eigenvalue weighted by Crippen LogP contribution is -2.60. The van der Waals surface area contributed by atoms with Crippen LogP contribution in [0.4, 0.5) is 4.79 Å². The zero-order valence-electron chi connectivity index (χ0n) is 32.4. The van der Waals surface area contributed by atoms with Crippen LogP contribution in [0.1, 0.15) is 30.9 Å². The molecule has 2 rings (SSSR count). The van der Waals surface area contributed by atoms with Gasteiger partial charge in [0.25, 0.3) is 0 Å². The van der Waals surface area contributed by atoms with Gasteiger partial charge in [-0.15, -0.1) is 13.2 Å². The molecule has 2 atom stereocenters. The minimum Gasteiger partial charge on any atom is -0.460 e. The van der Waals surface area contributed by atoms with Gasteiger partial charge in [-0.2, -0.15) is 0 Å². The predicted molar refractivity (Wildman–Crippen MR) is 219 cm³/mol. The molecule has 51 heavy (non-hydrogen) atoms. The summed E-state index contributed by atoms with van der Waals surface area (Å²) in [6.07, 6.45) is 2.94. The lowest BCUT2D eigenvalue weighted by Gasteiger charge is -2.44. The molecule has 0 aliphatic heterocycles. The second-order valence-corrected chi connectivity index (χ2v) is 33.6. The van der Waals surface area contributed by atoms with Crippen LogP contribution in [0.2, 0.25) is 64.5 Å². The summed E-state index contributed by atoms with van der Waals surface area (Å²) in [4.78, 5) is 23.7. The number of carbonyl (C=O) groups is 2. The third-order valence-corrected chi connectivity index (χ3v) is 27.5. The summed E-state index contributed by atoms with van der Waals surface area (Å²) in [6.45, 7) is 30.6. The number of nitrogens with one attached hydrogen (secondary N) is 1. The monoisotopic (exact) mass is 787 g/mol. The van der Waals surface area contributed by atoms with Gasteiger partial charge < -0.3 is 31.3 Å². The summed E-state index contributed by atoms with van der Waals surface area (Å²) >= 11 is 0. The number of esters is 1. The molecule has 2 unspecified atom stereocenters. The van der Waals surface area contributed by atoms with Crippen LogP contribution in [0.15, 0.2) is 91.3 Å². The van der Waals surface area contributed by atoms with Gasteiger partial charge in [-0.3, -0.25) is 0 Å². The molecule has 2 aromatic rings. The summed E-state index contributed by atoms with van der Waals surface area (Å²) < 4.78 is 38.5. The molecule has 2 aromatic carbocycles. The number of hydrogen-bond donors (Lipinski definition) is 1. The van der Waals surface area contributed by atoms with Crippen molar-refractivity contribution in [3.8, 4) is 5.75 Å². The van der Waals surface area contributed by atoms with E-state index in [0.29, 0.717) is 11.3 Å². The normalized spacial score (nSPS) is 14.5. The van der Waals surface area contributed by atoms with Crippen LogP contribution in [0.25, 0.3) is 0 Å². The highest BCUT2D eigenvalue weighted by Crippen LogP contribution is 2.33. The zero-order valence-corrected chi connectivity index (χ0v) is 37.4. The molecule has 0 fully saturated rings. The van der Waals surface area contributed by atoms with Gasteiger partial charge in [0.1, 0.15) is 12.4 Å². The molecule has 0 aliphatic rings. The van der Waals surface area contributed by atoms with Gasteiger partial charge in [-0.05, 0) is 120 Å². The first kappa shape index (κ1) is 44.5. The van der Waals surface area contributed by atoms with Crippen LogP contribution in [-0.4, -0.2) is 67.5 Å². The molecule has 0 bridgehead atoms. The first-order chi connectivity index (χ1) is 23.7. The summed E-state index contributed by atoms with van der Waals surface area (Å²) in [6, 6.07) is 19.6. The molecule has 0 radical (unpaired) electrons. The topological polar surface area (TPSA) is 102 Å². The van der Waals surface area contributed by atoms with E-state index in [2.05, 4.69) is 102 Å². The van der Waals surface area contributed by atoms with Gasteiger partial charge in [-0.25, -0.2) is 9.59 Å². The smallest absolute Gasteiger partial charge is 0.412 e. The molecule has 14 heteroatoms. The Kier molecular flexibility index (Phi) is 17.4. The van der Waals surface area contributed by atoms with E-state index in [-0.39, 0.29) is 13.2 Å². The second-order valence-electron chi connectivity index (χ2n) is 14.8. The summed E-state index contributed by atoms with van der Waals surface area (Å²) in [5.41, 5.74) is 6.65. The van der Waals surface area contributed by atoms with E-state index in [0.717, 1.165) is 43.3 Å². The minimum atomic E-state index is -2.81. The van der Waals surface area contributed by atoms with Crippen LogP contribution in [0.5, 0.6) is 5.75 Å². The number of aryl methyl sites for hydroxylation is 2. The van der Waals surface area contributed by atoms with E-state index in [1.165, 1.54) is 5.56 Å². The molecule has 0 heterocycles. The molecular formula is C37H61NO8Si5. The van der Waals surface area contributed by atoms with Crippen molar-refractivity contribution in [2.24, 2.45) is 0 Å². The second kappa shape index (κ2) is 20.0. The van der Waals surface area contributed by atoms with E-state index < -0.39 is 54.4 Å². The quantitative estimate of drug-likeness (QED) is 0.0515. The van der Waals surface area contributed by atoms with E-state index in [9.17, 15) is 9.59 Å². The number of benzene rings is 2. The largest absolute Gasteiger partial charge is 0.460 e. The Morgan fingerprint density at radius 3 is 1.75 bits per heavy atom. The fourth-order valence-electron chi connectivity index (χ4n) is 5.68. The van der Waals surface area contributed by atoms with Crippen LogP contribution in [0, 0.1) is 0 Å². The van der Waals surface area contributed by atoms with Crippen molar-refractivity contribution in [1.82, 2.24) is 5.32 Å². The molecule has 9 nitrogen and oxygen atoms in total. The number of hydrogen-bond acceptors (Lipinski definition) is 8. The number of ether oxygens (including phenoxy) is 2. The zero-order chi connectivity index (χ0) is 38.3. The highest BCUT2D eigenvalue weighted by atomic mass is 28.5. The fraction of sp³-hybridized carbons (Fsp3) is 0.459. The SMILES string of the molecule is C=C[Si](C)(C)O[Si](C)(C)O[Si](C)(CCCc1ccccc1)O[Si](C)(CCCc1ccc(OC(=O)NCCOC(=O)C(=C)C)cc1)O[Si](C)(C)C=C. The Morgan fingerprint density at radius 1 is 0.706 bits per heavy atom. The van der Waals surface area contributed by atoms with Gasteiger partial charge in [-0.1, -0.05) is 60.4 Å². The third kappa shape index (κ3) is 17.6. The van der Waals surface area contributed by atoms with Gasteiger partial charge in [0, 0.05) is 5.57 Å². The van der Waals surface area contributed by atoms with Crippen molar-refractivity contribution in [1.29, 1.82) is 0 Å². The maximum absolute atomic E-state index is 12.2. The molecule has 0 saturated heterocycles. The number of carbonyl (C=O) groups excluding carboxylic acids is 2. The molecule has 0 saturated carbocycles. The molecule has 1 N–H and O–H groups in total. The Morgan fingerprint density at radius 2 is 1.22 bits per heavy atom.